The monoisotopic (exact) mass is 289 g/mol. The fourth-order valence-corrected chi connectivity index (χ4v) is 2.28. The van der Waals surface area contributed by atoms with Crippen molar-refractivity contribution in [2.75, 3.05) is 46.5 Å². The zero-order valence-electron chi connectivity index (χ0n) is 11.8. The smallest absolute Gasteiger partial charge is 0.409 e. The third-order valence-corrected chi connectivity index (χ3v) is 3.26. The molecule has 1 rings (SSSR count). The molecule has 0 radical (unpaired) electrons. The highest BCUT2D eigenvalue weighted by atomic mass is 32.1. The summed E-state index contributed by atoms with van der Waals surface area (Å²) in [5.74, 6) is 0. The standard InChI is InChI=1S/C12H23N3O3S/c1-4-18-12(16)15-7-5-14(6-8-15)11(19)13-10(2)9-17-3/h10H,4-9H2,1-3H3,(H,13,19). The molecule has 1 fully saturated rings. The van der Waals surface area contributed by atoms with E-state index < -0.39 is 0 Å². The van der Waals surface area contributed by atoms with E-state index >= 15 is 0 Å². The average molecular weight is 289 g/mol. The third kappa shape index (κ3) is 5.20. The minimum atomic E-state index is -0.242. The average Bonchev–Trinajstić information content (AvgIpc) is 2.39. The summed E-state index contributed by atoms with van der Waals surface area (Å²) >= 11 is 5.34. The van der Waals surface area contributed by atoms with Gasteiger partial charge in [0.2, 0.25) is 0 Å². The Morgan fingerprint density at radius 1 is 1.32 bits per heavy atom. The van der Waals surface area contributed by atoms with Crippen molar-refractivity contribution in [1.29, 1.82) is 0 Å². The van der Waals surface area contributed by atoms with Crippen LogP contribution in [0.15, 0.2) is 0 Å². The van der Waals surface area contributed by atoms with Gasteiger partial charge in [0.1, 0.15) is 0 Å². The van der Waals surface area contributed by atoms with E-state index in [-0.39, 0.29) is 12.1 Å². The molecule has 7 heteroatoms. The molecule has 0 spiro atoms. The molecule has 0 saturated carbocycles. The van der Waals surface area contributed by atoms with Crippen molar-refractivity contribution in [3.63, 3.8) is 0 Å². The fourth-order valence-electron chi connectivity index (χ4n) is 1.90. The quantitative estimate of drug-likeness (QED) is 0.768. The van der Waals surface area contributed by atoms with Gasteiger partial charge in [0.15, 0.2) is 5.11 Å². The topological polar surface area (TPSA) is 54.0 Å². The van der Waals surface area contributed by atoms with E-state index in [9.17, 15) is 4.79 Å². The Hall–Kier alpha value is -1.08. The highest BCUT2D eigenvalue weighted by molar-refractivity contribution is 7.80. The fraction of sp³-hybridized carbons (Fsp3) is 0.833. The van der Waals surface area contributed by atoms with Crippen LogP contribution < -0.4 is 5.32 Å². The van der Waals surface area contributed by atoms with Gasteiger partial charge in [-0.3, -0.25) is 0 Å². The number of carbonyl (C=O) groups excluding carboxylic acids is 1. The Bertz CT molecular complexity index is 307. The normalized spacial score (nSPS) is 17.0. The van der Waals surface area contributed by atoms with Crippen molar-refractivity contribution in [3.8, 4) is 0 Å². The van der Waals surface area contributed by atoms with Crippen LogP contribution in [0.5, 0.6) is 0 Å². The molecular weight excluding hydrogens is 266 g/mol. The van der Waals surface area contributed by atoms with E-state index in [4.69, 9.17) is 21.7 Å². The van der Waals surface area contributed by atoms with Crippen molar-refractivity contribution < 1.29 is 14.3 Å². The lowest BCUT2D eigenvalue weighted by atomic mass is 10.3. The summed E-state index contributed by atoms with van der Waals surface area (Å²) in [6.07, 6.45) is -0.242. The summed E-state index contributed by atoms with van der Waals surface area (Å²) in [4.78, 5) is 15.3. The van der Waals surface area contributed by atoms with Crippen LogP contribution in [-0.2, 0) is 9.47 Å². The van der Waals surface area contributed by atoms with Crippen molar-refractivity contribution in [3.05, 3.63) is 0 Å². The van der Waals surface area contributed by atoms with Gasteiger partial charge in [0, 0.05) is 39.3 Å². The maximum atomic E-state index is 11.6. The molecule has 1 aliphatic rings. The summed E-state index contributed by atoms with van der Waals surface area (Å²) in [7, 11) is 1.67. The molecule has 6 nitrogen and oxygen atoms in total. The van der Waals surface area contributed by atoms with Crippen molar-refractivity contribution >= 4 is 23.4 Å². The molecule has 1 aliphatic heterocycles. The highest BCUT2D eigenvalue weighted by Gasteiger charge is 2.23. The predicted octanol–water partition coefficient (Wildman–Crippen LogP) is 0.670. The van der Waals surface area contributed by atoms with E-state index in [0.717, 1.165) is 13.1 Å². The van der Waals surface area contributed by atoms with Crippen molar-refractivity contribution in [2.45, 2.75) is 19.9 Å². The Kier molecular flexibility index (Phi) is 6.86. The molecule has 0 aromatic heterocycles. The first-order chi connectivity index (χ1) is 9.08. The van der Waals surface area contributed by atoms with E-state index in [2.05, 4.69) is 10.2 Å². The lowest BCUT2D eigenvalue weighted by Crippen LogP contribution is -2.54. The summed E-state index contributed by atoms with van der Waals surface area (Å²) < 4.78 is 10.0. The first-order valence-corrected chi connectivity index (χ1v) is 6.95. The van der Waals surface area contributed by atoms with Crippen LogP contribution in [0.1, 0.15) is 13.8 Å². The minimum absolute atomic E-state index is 0.181. The molecule has 0 bridgehead atoms. The predicted molar refractivity (Wildman–Crippen MR) is 77.2 cm³/mol. The first kappa shape index (κ1) is 16.0. The Balaban J connectivity index is 2.32. The number of hydrogen-bond donors (Lipinski definition) is 1. The molecular formula is C12H23N3O3S. The van der Waals surface area contributed by atoms with Gasteiger partial charge in [-0.05, 0) is 26.1 Å². The van der Waals surface area contributed by atoms with E-state index in [1.807, 2.05) is 13.8 Å². The number of nitrogens with zero attached hydrogens (tertiary/aromatic N) is 2. The number of thiocarbonyl (C=S) groups is 1. The number of nitrogens with one attached hydrogen (secondary N) is 1. The molecule has 1 heterocycles. The second-order valence-electron chi connectivity index (χ2n) is 4.48. The maximum absolute atomic E-state index is 11.6. The van der Waals surface area contributed by atoms with Crippen LogP contribution in [0, 0.1) is 0 Å². The molecule has 1 amide bonds. The Morgan fingerprint density at radius 2 is 1.89 bits per heavy atom. The Labute approximate surface area is 120 Å². The molecule has 0 aliphatic carbocycles. The van der Waals surface area contributed by atoms with Gasteiger partial charge in [0.25, 0.3) is 0 Å². The number of methoxy groups -OCH3 is 1. The number of piperazine rings is 1. The van der Waals surface area contributed by atoms with Crippen LogP contribution >= 0.6 is 12.2 Å². The molecule has 19 heavy (non-hydrogen) atoms. The number of carbonyl (C=O) groups is 1. The summed E-state index contributed by atoms with van der Waals surface area (Å²) in [6, 6.07) is 0.181. The van der Waals surface area contributed by atoms with E-state index in [0.29, 0.717) is 31.4 Å². The SMILES string of the molecule is CCOC(=O)N1CCN(C(=S)NC(C)COC)CC1. The van der Waals surface area contributed by atoms with Gasteiger partial charge in [-0.25, -0.2) is 4.79 Å². The lowest BCUT2D eigenvalue weighted by Gasteiger charge is -2.36. The highest BCUT2D eigenvalue weighted by Crippen LogP contribution is 2.04. The summed E-state index contributed by atoms with van der Waals surface area (Å²) in [5.41, 5.74) is 0. The van der Waals surface area contributed by atoms with Gasteiger partial charge in [-0.2, -0.15) is 0 Å². The molecule has 0 aromatic carbocycles. The molecule has 0 aromatic rings. The van der Waals surface area contributed by atoms with Crippen LogP contribution in [0.4, 0.5) is 4.79 Å². The molecule has 1 unspecified atom stereocenters. The molecule has 1 atom stereocenters. The van der Waals surface area contributed by atoms with Crippen molar-refractivity contribution in [2.24, 2.45) is 0 Å². The lowest BCUT2D eigenvalue weighted by molar-refractivity contribution is 0.0915. The van der Waals surface area contributed by atoms with Gasteiger partial charge < -0.3 is 24.6 Å². The number of rotatable bonds is 4. The van der Waals surface area contributed by atoms with Gasteiger partial charge in [0.05, 0.1) is 13.2 Å². The summed E-state index contributed by atoms with van der Waals surface area (Å²) in [5, 5.41) is 3.93. The van der Waals surface area contributed by atoms with Crippen molar-refractivity contribution in [1.82, 2.24) is 15.1 Å². The summed E-state index contributed by atoms with van der Waals surface area (Å²) in [6.45, 7) is 7.58. The van der Waals surface area contributed by atoms with Crippen LogP contribution in [0.25, 0.3) is 0 Å². The Morgan fingerprint density at radius 3 is 2.42 bits per heavy atom. The van der Waals surface area contributed by atoms with Crippen LogP contribution in [0.3, 0.4) is 0 Å². The molecule has 1 saturated heterocycles. The second-order valence-corrected chi connectivity index (χ2v) is 4.87. The van der Waals surface area contributed by atoms with E-state index in [1.54, 1.807) is 12.0 Å². The third-order valence-electron chi connectivity index (χ3n) is 2.88. The van der Waals surface area contributed by atoms with Gasteiger partial charge in [-0.15, -0.1) is 0 Å². The zero-order valence-corrected chi connectivity index (χ0v) is 12.7. The minimum Gasteiger partial charge on any atom is -0.450 e. The zero-order chi connectivity index (χ0) is 14.3. The maximum Gasteiger partial charge on any atom is 0.409 e. The second kappa shape index (κ2) is 8.16. The van der Waals surface area contributed by atoms with Crippen LogP contribution in [0.2, 0.25) is 0 Å². The van der Waals surface area contributed by atoms with Crippen LogP contribution in [-0.4, -0.2) is 73.5 Å². The number of ether oxygens (including phenoxy) is 2. The molecule has 1 N–H and O–H groups in total. The van der Waals surface area contributed by atoms with E-state index in [1.165, 1.54) is 0 Å². The molecule has 110 valence electrons. The van der Waals surface area contributed by atoms with Gasteiger partial charge >= 0.3 is 6.09 Å². The largest absolute Gasteiger partial charge is 0.450 e. The van der Waals surface area contributed by atoms with Gasteiger partial charge in [-0.1, -0.05) is 0 Å². The number of hydrogen-bond acceptors (Lipinski definition) is 4. The first-order valence-electron chi connectivity index (χ1n) is 6.54. The number of amides is 1.